The lowest BCUT2D eigenvalue weighted by molar-refractivity contribution is -0.137. The maximum absolute atomic E-state index is 13.5. The predicted octanol–water partition coefficient (Wildman–Crippen LogP) is 5.36. The lowest BCUT2D eigenvalue weighted by atomic mass is 10.1. The summed E-state index contributed by atoms with van der Waals surface area (Å²) in [5.41, 5.74) is -0.758. The van der Waals surface area contributed by atoms with Crippen LogP contribution in [0.2, 0.25) is 0 Å². The van der Waals surface area contributed by atoms with E-state index < -0.39 is 17.3 Å². The van der Waals surface area contributed by atoms with Crippen LogP contribution in [0.5, 0.6) is 11.8 Å². The average molecular weight is 585 g/mol. The zero-order valence-corrected chi connectivity index (χ0v) is 21.6. The first-order valence-electron chi connectivity index (χ1n) is 11.5. The molecule has 13 heteroatoms. The third kappa shape index (κ3) is 5.61. The van der Waals surface area contributed by atoms with Crippen molar-refractivity contribution >= 4 is 44.4 Å². The van der Waals surface area contributed by atoms with Crippen molar-refractivity contribution in [3.63, 3.8) is 0 Å². The third-order valence-corrected chi connectivity index (χ3v) is 6.45. The van der Waals surface area contributed by atoms with E-state index in [1.165, 1.54) is 6.07 Å². The predicted molar refractivity (Wildman–Crippen MR) is 138 cm³/mol. The van der Waals surface area contributed by atoms with E-state index in [2.05, 4.69) is 46.1 Å². The molecule has 0 unspecified atom stereocenters. The topological polar surface area (TPSA) is 103 Å². The SMILES string of the molecule is CN1CCN(c2nc(Nc3ccc(C#N)c(C(F)(F)F)c3)nc(Oc3ccnc4ccc(Br)cc34)n2)CC1. The average Bonchev–Trinajstić information content (AvgIpc) is 2.89. The Morgan fingerprint density at radius 1 is 1.03 bits per heavy atom. The maximum Gasteiger partial charge on any atom is 0.417 e. The standard InChI is InChI=1S/C25H20BrF3N8O/c1-36-8-10-37(11-9-36)23-33-22(32-17-4-2-15(14-30)19(13-17)25(27,28)29)34-24(35-23)38-21-6-7-31-20-5-3-16(26)12-18(20)21/h2-7,12-13H,8-11H2,1H3,(H,32,33,34,35). The second-order valence-corrected chi connectivity index (χ2v) is 9.52. The summed E-state index contributed by atoms with van der Waals surface area (Å²) in [5, 5.41) is 12.6. The summed E-state index contributed by atoms with van der Waals surface area (Å²) in [6.07, 6.45) is -3.10. The minimum Gasteiger partial charge on any atom is -0.423 e. The number of aromatic nitrogens is 4. The van der Waals surface area contributed by atoms with Crippen molar-refractivity contribution in [2.45, 2.75) is 6.18 Å². The van der Waals surface area contributed by atoms with Crippen LogP contribution in [0.4, 0.5) is 30.8 Å². The summed E-state index contributed by atoms with van der Waals surface area (Å²) < 4.78 is 47.4. The number of ether oxygens (including phenoxy) is 1. The number of rotatable bonds is 5. The second kappa shape index (κ2) is 10.4. The van der Waals surface area contributed by atoms with Gasteiger partial charge in [0.1, 0.15) is 5.75 Å². The number of piperazine rings is 1. The van der Waals surface area contributed by atoms with Gasteiger partial charge in [-0.15, -0.1) is 0 Å². The molecule has 1 aliphatic rings. The largest absolute Gasteiger partial charge is 0.423 e. The van der Waals surface area contributed by atoms with Crippen LogP contribution in [-0.4, -0.2) is 58.1 Å². The molecule has 0 saturated carbocycles. The molecule has 0 bridgehead atoms. The van der Waals surface area contributed by atoms with Crippen molar-refractivity contribution in [2.24, 2.45) is 0 Å². The molecule has 1 N–H and O–H groups in total. The summed E-state index contributed by atoms with van der Waals surface area (Å²) in [6.45, 7) is 2.88. The fraction of sp³-hybridized carbons (Fsp3) is 0.240. The van der Waals surface area contributed by atoms with Gasteiger partial charge in [-0.1, -0.05) is 15.9 Å². The van der Waals surface area contributed by atoms with Gasteiger partial charge in [0.15, 0.2) is 0 Å². The Morgan fingerprint density at radius 2 is 1.82 bits per heavy atom. The number of fused-ring (bicyclic) bond motifs is 1. The Labute approximate surface area is 224 Å². The quantitative estimate of drug-likeness (QED) is 0.332. The summed E-state index contributed by atoms with van der Waals surface area (Å²) in [4.78, 5) is 21.8. The Kier molecular flexibility index (Phi) is 7.00. The van der Waals surface area contributed by atoms with Gasteiger partial charge in [-0.2, -0.15) is 33.4 Å². The van der Waals surface area contributed by atoms with Gasteiger partial charge in [0.05, 0.1) is 22.7 Å². The number of likely N-dealkylation sites (N-methyl/N-ethyl adjacent to an activating group) is 1. The van der Waals surface area contributed by atoms with E-state index in [9.17, 15) is 13.2 Å². The number of alkyl halides is 3. The van der Waals surface area contributed by atoms with Gasteiger partial charge in [-0.3, -0.25) is 4.98 Å². The van der Waals surface area contributed by atoms with Crippen LogP contribution in [0.15, 0.2) is 53.1 Å². The Balaban J connectivity index is 1.53. The van der Waals surface area contributed by atoms with Crippen LogP contribution in [0.1, 0.15) is 11.1 Å². The van der Waals surface area contributed by atoms with E-state index >= 15 is 0 Å². The zero-order valence-electron chi connectivity index (χ0n) is 20.0. The monoisotopic (exact) mass is 584 g/mol. The third-order valence-electron chi connectivity index (χ3n) is 5.96. The minimum absolute atomic E-state index is 0.00121. The smallest absolute Gasteiger partial charge is 0.417 e. The second-order valence-electron chi connectivity index (χ2n) is 8.60. The molecule has 2 aromatic carbocycles. The van der Waals surface area contributed by atoms with Gasteiger partial charge in [-0.25, -0.2) is 0 Å². The number of nitriles is 1. The molecule has 38 heavy (non-hydrogen) atoms. The van der Waals surface area contributed by atoms with Gasteiger partial charge >= 0.3 is 12.2 Å². The fourth-order valence-corrected chi connectivity index (χ4v) is 4.32. The van der Waals surface area contributed by atoms with Gasteiger partial charge < -0.3 is 19.9 Å². The van der Waals surface area contributed by atoms with E-state index in [1.54, 1.807) is 18.3 Å². The first-order chi connectivity index (χ1) is 18.2. The molecule has 0 aliphatic carbocycles. The number of anilines is 3. The van der Waals surface area contributed by atoms with Crippen LogP contribution < -0.4 is 15.0 Å². The first kappa shape index (κ1) is 25.6. The van der Waals surface area contributed by atoms with E-state index in [4.69, 9.17) is 10.00 Å². The fourth-order valence-electron chi connectivity index (χ4n) is 3.96. The highest BCUT2D eigenvalue weighted by atomic mass is 79.9. The van der Waals surface area contributed by atoms with Crippen molar-refractivity contribution in [1.29, 1.82) is 5.26 Å². The molecule has 4 aromatic rings. The molecule has 0 spiro atoms. The zero-order chi connectivity index (χ0) is 26.9. The number of benzene rings is 2. The van der Waals surface area contributed by atoms with E-state index in [-0.39, 0.29) is 17.6 Å². The van der Waals surface area contributed by atoms with Crippen LogP contribution in [0.25, 0.3) is 10.9 Å². The molecular formula is C25H20BrF3N8O. The normalized spacial score (nSPS) is 14.4. The number of pyridine rings is 1. The van der Waals surface area contributed by atoms with Crippen molar-refractivity contribution < 1.29 is 17.9 Å². The highest BCUT2D eigenvalue weighted by Crippen LogP contribution is 2.35. The molecule has 3 heterocycles. The molecule has 5 rings (SSSR count). The van der Waals surface area contributed by atoms with Gasteiger partial charge in [0.25, 0.3) is 0 Å². The van der Waals surface area contributed by atoms with Crippen LogP contribution in [0, 0.1) is 11.3 Å². The molecule has 0 radical (unpaired) electrons. The number of nitrogens with zero attached hydrogens (tertiary/aromatic N) is 7. The van der Waals surface area contributed by atoms with E-state index in [1.807, 2.05) is 30.1 Å². The number of nitrogens with one attached hydrogen (secondary N) is 1. The molecule has 1 saturated heterocycles. The maximum atomic E-state index is 13.5. The Hall–Kier alpha value is -4.02. The first-order valence-corrected chi connectivity index (χ1v) is 12.3. The Morgan fingerprint density at radius 3 is 2.55 bits per heavy atom. The molecule has 0 amide bonds. The van der Waals surface area contributed by atoms with Crippen LogP contribution >= 0.6 is 15.9 Å². The summed E-state index contributed by atoms with van der Waals surface area (Å²) >= 11 is 3.45. The summed E-state index contributed by atoms with van der Waals surface area (Å²) in [7, 11) is 2.02. The Bertz CT molecular complexity index is 1530. The van der Waals surface area contributed by atoms with Gasteiger partial charge in [0, 0.05) is 47.9 Å². The molecular weight excluding hydrogens is 565 g/mol. The molecule has 194 valence electrons. The van der Waals surface area contributed by atoms with Crippen molar-refractivity contribution in [3.05, 3.63) is 64.3 Å². The number of halogens is 4. The molecule has 1 fully saturated rings. The number of hydrogen-bond acceptors (Lipinski definition) is 9. The summed E-state index contributed by atoms with van der Waals surface area (Å²) in [6, 6.07) is 12.1. The van der Waals surface area contributed by atoms with Crippen molar-refractivity contribution in [3.8, 4) is 17.8 Å². The van der Waals surface area contributed by atoms with E-state index in [0.29, 0.717) is 30.3 Å². The highest BCUT2D eigenvalue weighted by molar-refractivity contribution is 9.10. The van der Waals surface area contributed by atoms with E-state index in [0.717, 1.165) is 35.1 Å². The number of hydrogen-bond donors (Lipinski definition) is 1. The molecule has 1 aliphatic heterocycles. The van der Waals surface area contributed by atoms with Gasteiger partial charge in [-0.05, 0) is 49.5 Å². The van der Waals surface area contributed by atoms with Gasteiger partial charge in [0.2, 0.25) is 11.9 Å². The minimum atomic E-state index is -4.70. The molecule has 2 aromatic heterocycles. The highest BCUT2D eigenvalue weighted by Gasteiger charge is 2.34. The van der Waals surface area contributed by atoms with Crippen molar-refractivity contribution in [1.82, 2.24) is 24.8 Å². The van der Waals surface area contributed by atoms with Crippen LogP contribution in [0.3, 0.4) is 0 Å². The van der Waals surface area contributed by atoms with Crippen LogP contribution in [-0.2, 0) is 6.18 Å². The lowest BCUT2D eigenvalue weighted by Gasteiger charge is -2.32. The summed E-state index contributed by atoms with van der Waals surface area (Å²) in [5.74, 6) is 0.784. The molecule has 0 atom stereocenters. The lowest BCUT2D eigenvalue weighted by Crippen LogP contribution is -2.45. The molecule has 9 nitrogen and oxygen atoms in total. The van der Waals surface area contributed by atoms with Crippen molar-refractivity contribution in [2.75, 3.05) is 43.4 Å².